The van der Waals surface area contributed by atoms with E-state index in [0.29, 0.717) is 24.2 Å². The van der Waals surface area contributed by atoms with Crippen molar-refractivity contribution in [2.24, 2.45) is 11.7 Å². The van der Waals surface area contributed by atoms with E-state index in [4.69, 9.17) is 19.9 Å². The Labute approximate surface area is 165 Å². The monoisotopic (exact) mass is 384 g/mol. The van der Waals surface area contributed by atoms with Gasteiger partial charge in [0.05, 0.1) is 20.3 Å². The quantitative estimate of drug-likeness (QED) is 0.749. The lowest BCUT2D eigenvalue weighted by molar-refractivity contribution is 0.224. The molecule has 0 bridgehead atoms. The zero-order chi connectivity index (χ0) is 19.5. The number of hydrogen-bond donors (Lipinski definition) is 1. The summed E-state index contributed by atoms with van der Waals surface area (Å²) in [7, 11) is 1.64. The number of nitrogens with zero attached hydrogens (tertiary/aromatic N) is 3. The van der Waals surface area contributed by atoms with Gasteiger partial charge in [0, 0.05) is 19.0 Å². The predicted molar refractivity (Wildman–Crippen MR) is 107 cm³/mol. The molecule has 2 aromatic rings. The van der Waals surface area contributed by atoms with E-state index in [2.05, 4.69) is 14.9 Å². The van der Waals surface area contributed by atoms with Crippen molar-refractivity contribution in [3.05, 3.63) is 36.2 Å². The maximum atomic E-state index is 6.15. The lowest BCUT2D eigenvalue weighted by atomic mass is 10.1. The first-order valence-electron chi connectivity index (χ1n) is 9.93. The maximum Gasteiger partial charge on any atom is 0.262 e. The molecule has 2 fully saturated rings. The number of ether oxygens (including phenoxy) is 3. The minimum atomic E-state index is 0.0255. The molecule has 1 aliphatic heterocycles. The highest BCUT2D eigenvalue weighted by Crippen LogP contribution is 2.37. The van der Waals surface area contributed by atoms with E-state index < -0.39 is 0 Å². The Morgan fingerprint density at radius 2 is 1.96 bits per heavy atom. The third kappa shape index (κ3) is 4.30. The van der Waals surface area contributed by atoms with E-state index in [9.17, 15) is 0 Å². The van der Waals surface area contributed by atoms with Gasteiger partial charge in [-0.05, 0) is 43.4 Å². The summed E-state index contributed by atoms with van der Waals surface area (Å²) in [6.45, 7) is 4.25. The third-order valence-corrected chi connectivity index (χ3v) is 5.26. The predicted octanol–water partition coefficient (Wildman–Crippen LogP) is 2.95. The molecule has 7 heteroatoms. The summed E-state index contributed by atoms with van der Waals surface area (Å²) in [5, 5.41) is 0. The van der Waals surface area contributed by atoms with E-state index in [1.165, 1.54) is 12.8 Å². The van der Waals surface area contributed by atoms with Crippen LogP contribution in [0, 0.1) is 5.92 Å². The standard InChI is InChI=1S/C21H28N4O3/c1-14(22)16-5-7-17(8-6-16)28-18-9-10-25(11-18)20-19(26-2)21(24-13-23-20)27-12-15-3-4-15/h5-8,13-15,18H,3-4,9-12,22H2,1-2H3/t14-,18+/m0/s1. The van der Waals surface area contributed by atoms with Crippen molar-refractivity contribution in [3.63, 3.8) is 0 Å². The van der Waals surface area contributed by atoms with Crippen LogP contribution >= 0.6 is 0 Å². The van der Waals surface area contributed by atoms with Crippen LogP contribution in [0.25, 0.3) is 0 Å². The van der Waals surface area contributed by atoms with Crippen molar-refractivity contribution >= 4 is 5.82 Å². The van der Waals surface area contributed by atoms with Crippen LogP contribution in [0.5, 0.6) is 17.4 Å². The molecule has 2 atom stereocenters. The molecule has 2 aliphatic rings. The first-order chi connectivity index (χ1) is 13.6. The zero-order valence-corrected chi connectivity index (χ0v) is 16.5. The summed E-state index contributed by atoms with van der Waals surface area (Å²) in [5.41, 5.74) is 7.01. The molecule has 1 saturated carbocycles. The average Bonchev–Trinajstić information content (AvgIpc) is 3.43. The highest BCUT2D eigenvalue weighted by molar-refractivity contribution is 5.57. The van der Waals surface area contributed by atoms with Gasteiger partial charge in [-0.2, -0.15) is 4.98 Å². The minimum absolute atomic E-state index is 0.0255. The van der Waals surface area contributed by atoms with Crippen molar-refractivity contribution in [1.29, 1.82) is 0 Å². The summed E-state index contributed by atoms with van der Waals surface area (Å²) in [6.07, 6.45) is 5.02. The van der Waals surface area contributed by atoms with Crippen LogP contribution in [0.15, 0.2) is 30.6 Å². The van der Waals surface area contributed by atoms with Crippen molar-refractivity contribution in [1.82, 2.24) is 9.97 Å². The van der Waals surface area contributed by atoms with Gasteiger partial charge in [0.1, 0.15) is 18.2 Å². The molecule has 150 valence electrons. The molecule has 0 radical (unpaired) electrons. The fourth-order valence-electron chi connectivity index (χ4n) is 3.40. The van der Waals surface area contributed by atoms with E-state index in [1.54, 1.807) is 13.4 Å². The second-order valence-electron chi connectivity index (χ2n) is 7.62. The topological polar surface area (TPSA) is 82.7 Å². The summed E-state index contributed by atoms with van der Waals surface area (Å²) >= 11 is 0. The van der Waals surface area contributed by atoms with Gasteiger partial charge in [0.25, 0.3) is 5.88 Å². The summed E-state index contributed by atoms with van der Waals surface area (Å²) in [5.74, 6) is 3.41. The van der Waals surface area contributed by atoms with Crippen LogP contribution in [0.1, 0.15) is 37.8 Å². The van der Waals surface area contributed by atoms with Crippen LogP contribution in [0.2, 0.25) is 0 Å². The highest BCUT2D eigenvalue weighted by Gasteiger charge is 2.29. The largest absolute Gasteiger partial charge is 0.489 e. The maximum absolute atomic E-state index is 6.15. The normalized spacial score (nSPS) is 20.1. The molecule has 0 spiro atoms. The Bertz CT molecular complexity index is 793. The minimum Gasteiger partial charge on any atom is -0.489 e. The van der Waals surface area contributed by atoms with Crippen LogP contribution in [-0.4, -0.2) is 42.9 Å². The summed E-state index contributed by atoms with van der Waals surface area (Å²) < 4.78 is 17.6. The van der Waals surface area contributed by atoms with E-state index >= 15 is 0 Å². The highest BCUT2D eigenvalue weighted by atomic mass is 16.5. The number of nitrogens with two attached hydrogens (primary N) is 1. The summed E-state index contributed by atoms with van der Waals surface area (Å²) in [6, 6.07) is 8.03. The van der Waals surface area contributed by atoms with Gasteiger partial charge in [-0.25, -0.2) is 4.98 Å². The van der Waals surface area contributed by atoms with E-state index in [1.807, 2.05) is 31.2 Å². The fraction of sp³-hybridized carbons (Fsp3) is 0.524. The van der Waals surface area contributed by atoms with Gasteiger partial charge in [0.2, 0.25) is 5.75 Å². The molecule has 28 heavy (non-hydrogen) atoms. The van der Waals surface area contributed by atoms with Gasteiger partial charge < -0.3 is 24.8 Å². The van der Waals surface area contributed by atoms with Crippen molar-refractivity contribution in [2.75, 3.05) is 31.7 Å². The molecule has 2 N–H and O–H groups in total. The molecular formula is C21H28N4O3. The van der Waals surface area contributed by atoms with Gasteiger partial charge in [-0.15, -0.1) is 0 Å². The summed E-state index contributed by atoms with van der Waals surface area (Å²) in [4.78, 5) is 10.9. The number of benzene rings is 1. The fourth-order valence-corrected chi connectivity index (χ4v) is 3.40. The number of methoxy groups -OCH3 is 1. The Morgan fingerprint density at radius 1 is 1.18 bits per heavy atom. The average molecular weight is 384 g/mol. The molecular weight excluding hydrogens is 356 g/mol. The number of anilines is 1. The molecule has 7 nitrogen and oxygen atoms in total. The van der Waals surface area contributed by atoms with Crippen molar-refractivity contribution in [3.8, 4) is 17.4 Å². The second-order valence-corrected chi connectivity index (χ2v) is 7.62. The Morgan fingerprint density at radius 3 is 2.64 bits per heavy atom. The molecule has 1 saturated heterocycles. The van der Waals surface area contributed by atoms with E-state index in [0.717, 1.165) is 36.6 Å². The first-order valence-corrected chi connectivity index (χ1v) is 9.93. The number of hydrogen-bond acceptors (Lipinski definition) is 7. The van der Waals surface area contributed by atoms with Gasteiger partial charge >= 0.3 is 0 Å². The molecule has 4 rings (SSSR count). The lowest BCUT2D eigenvalue weighted by Gasteiger charge is -2.21. The first kappa shape index (κ1) is 18.8. The Hall–Kier alpha value is -2.54. The van der Waals surface area contributed by atoms with Crippen molar-refractivity contribution < 1.29 is 14.2 Å². The van der Waals surface area contributed by atoms with Gasteiger partial charge in [0.15, 0.2) is 5.82 Å². The number of aromatic nitrogens is 2. The second kappa shape index (κ2) is 8.22. The lowest BCUT2D eigenvalue weighted by Crippen LogP contribution is -2.26. The third-order valence-electron chi connectivity index (χ3n) is 5.26. The number of rotatable bonds is 8. The van der Waals surface area contributed by atoms with Gasteiger partial charge in [-0.3, -0.25) is 0 Å². The smallest absolute Gasteiger partial charge is 0.262 e. The zero-order valence-electron chi connectivity index (χ0n) is 16.5. The Balaban J connectivity index is 1.41. The molecule has 1 aromatic carbocycles. The van der Waals surface area contributed by atoms with Crippen LogP contribution in [-0.2, 0) is 0 Å². The molecule has 0 unspecified atom stereocenters. The van der Waals surface area contributed by atoms with Crippen LogP contribution in [0.4, 0.5) is 5.82 Å². The molecule has 0 amide bonds. The van der Waals surface area contributed by atoms with Crippen molar-refractivity contribution in [2.45, 2.75) is 38.3 Å². The molecule has 1 aromatic heterocycles. The molecule has 1 aliphatic carbocycles. The van der Waals surface area contributed by atoms with E-state index in [-0.39, 0.29) is 12.1 Å². The van der Waals surface area contributed by atoms with Crippen LogP contribution < -0.4 is 24.8 Å². The Kier molecular flexibility index (Phi) is 5.52. The molecule has 2 heterocycles. The van der Waals surface area contributed by atoms with Gasteiger partial charge in [-0.1, -0.05) is 12.1 Å². The SMILES string of the molecule is COc1c(OCC2CC2)ncnc1N1CC[C@@H](Oc2ccc([C@H](C)N)cc2)C1. The van der Waals surface area contributed by atoms with Crippen LogP contribution in [0.3, 0.4) is 0 Å².